The lowest BCUT2D eigenvalue weighted by Gasteiger charge is -2.25. The number of aliphatic carboxylic acids is 1. The van der Waals surface area contributed by atoms with Gasteiger partial charge in [0.05, 0.1) is 6.42 Å². The molecule has 1 aliphatic carbocycles. The van der Waals surface area contributed by atoms with Crippen LogP contribution >= 0.6 is 0 Å². The predicted molar refractivity (Wildman–Crippen MR) is 48.1 cm³/mol. The minimum absolute atomic E-state index is 0.0856. The van der Waals surface area contributed by atoms with Crippen LogP contribution in [0.2, 0.25) is 0 Å². The van der Waals surface area contributed by atoms with Gasteiger partial charge in [0.15, 0.2) is 0 Å². The molecule has 0 aromatic heterocycles. The van der Waals surface area contributed by atoms with E-state index in [0.717, 1.165) is 12.8 Å². The van der Waals surface area contributed by atoms with E-state index in [1.54, 1.807) is 0 Å². The van der Waals surface area contributed by atoms with Gasteiger partial charge in [-0.05, 0) is 18.3 Å². The van der Waals surface area contributed by atoms with Crippen molar-refractivity contribution >= 4 is 5.97 Å². The van der Waals surface area contributed by atoms with Crippen molar-refractivity contribution in [1.29, 1.82) is 0 Å². The van der Waals surface area contributed by atoms with Crippen LogP contribution in [0.4, 0.5) is 0 Å². The van der Waals surface area contributed by atoms with E-state index in [2.05, 4.69) is 6.92 Å². The summed E-state index contributed by atoms with van der Waals surface area (Å²) in [5.41, 5.74) is 0.0856. The molecule has 1 N–H and O–H groups in total. The van der Waals surface area contributed by atoms with Gasteiger partial charge in [0.1, 0.15) is 0 Å². The molecule has 0 amide bonds. The highest BCUT2D eigenvalue weighted by molar-refractivity contribution is 5.67. The van der Waals surface area contributed by atoms with Crippen molar-refractivity contribution in [3.8, 4) is 0 Å². The number of hydrogen-bond donors (Lipinski definition) is 1. The van der Waals surface area contributed by atoms with Gasteiger partial charge >= 0.3 is 5.97 Å². The first-order valence-electron chi connectivity index (χ1n) is 4.84. The minimum atomic E-state index is -0.639. The maximum absolute atomic E-state index is 10.6. The minimum Gasteiger partial charge on any atom is -0.481 e. The van der Waals surface area contributed by atoms with Crippen molar-refractivity contribution in [3.63, 3.8) is 0 Å². The van der Waals surface area contributed by atoms with E-state index >= 15 is 0 Å². The molecule has 70 valence electrons. The van der Waals surface area contributed by atoms with E-state index in [1.807, 2.05) is 0 Å². The Morgan fingerprint density at radius 3 is 2.17 bits per heavy atom. The van der Waals surface area contributed by atoms with Crippen LogP contribution in [0.5, 0.6) is 0 Å². The van der Waals surface area contributed by atoms with E-state index in [0.29, 0.717) is 6.42 Å². The molecule has 0 aromatic rings. The third-order valence-corrected chi connectivity index (χ3v) is 2.89. The second kappa shape index (κ2) is 3.92. The van der Waals surface area contributed by atoms with Crippen LogP contribution in [0, 0.1) is 5.41 Å². The summed E-state index contributed by atoms with van der Waals surface area (Å²) < 4.78 is 0. The average molecular weight is 170 g/mol. The lowest BCUT2D eigenvalue weighted by atomic mass is 9.80. The Morgan fingerprint density at radius 2 is 1.75 bits per heavy atom. The molecule has 0 radical (unpaired) electrons. The lowest BCUT2D eigenvalue weighted by Crippen LogP contribution is -2.19. The van der Waals surface area contributed by atoms with E-state index in [-0.39, 0.29) is 5.41 Å². The van der Waals surface area contributed by atoms with E-state index in [4.69, 9.17) is 5.11 Å². The first kappa shape index (κ1) is 9.56. The highest BCUT2D eigenvalue weighted by Crippen LogP contribution is 2.37. The maximum atomic E-state index is 10.6. The van der Waals surface area contributed by atoms with Crippen LogP contribution in [0.25, 0.3) is 0 Å². The highest BCUT2D eigenvalue weighted by atomic mass is 16.4. The third kappa shape index (κ3) is 2.84. The number of carboxylic acids is 1. The summed E-state index contributed by atoms with van der Waals surface area (Å²) in [6.07, 6.45) is 7.55. The number of carboxylic acid groups (broad SMARTS) is 1. The standard InChI is InChI=1S/C10H18O2/c1-10(8-9(11)12)6-4-2-3-5-7-10/h2-8H2,1H3,(H,11,12). The molecule has 0 unspecified atom stereocenters. The Labute approximate surface area is 74.0 Å². The predicted octanol–water partition coefficient (Wildman–Crippen LogP) is 2.82. The first-order valence-corrected chi connectivity index (χ1v) is 4.84. The summed E-state index contributed by atoms with van der Waals surface area (Å²) >= 11 is 0. The Morgan fingerprint density at radius 1 is 1.25 bits per heavy atom. The fraction of sp³-hybridized carbons (Fsp3) is 0.900. The normalized spacial score (nSPS) is 23.1. The molecule has 2 nitrogen and oxygen atoms in total. The van der Waals surface area contributed by atoms with Crippen LogP contribution in [0.3, 0.4) is 0 Å². The quantitative estimate of drug-likeness (QED) is 0.647. The summed E-state index contributed by atoms with van der Waals surface area (Å²) in [5, 5.41) is 8.72. The topological polar surface area (TPSA) is 37.3 Å². The van der Waals surface area contributed by atoms with Crippen molar-refractivity contribution < 1.29 is 9.90 Å². The molecule has 1 saturated carbocycles. The van der Waals surface area contributed by atoms with Gasteiger partial charge in [0.25, 0.3) is 0 Å². The molecule has 1 aliphatic rings. The molecule has 1 rings (SSSR count). The van der Waals surface area contributed by atoms with Gasteiger partial charge in [-0.1, -0.05) is 32.6 Å². The molecule has 1 fully saturated rings. The molecule has 0 saturated heterocycles. The molecule has 0 heterocycles. The third-order valence-electron chi connectivity index (χ3n) is 2.89. The Balaban J connectivity index is 2.48. The molecule has 0 aliphatic heterocycles. The SMILES string of the molecule is CC1(CC(=O)O)CCCCCC1. The van der Waals surface area contributed by atoms with Crippen molar-refractivity contribution in [2.75, 3.05) is 0 Å². The largest absolute Gasteiger partial charge is 0.481 e. The average Bonchev–Trinajstić information content (AvgIpc) is 2.12. The monoisotopic (exact) mass is 170 g/mol. The lowest BCUT2D eigenvalue weighted by molar-refractivity contribution is -0.139. The van der Waals surface area contributed by atoms with E-state index < -0.39 is 5.97 Å². The zero-order chi connectivity index (χ0) is 9.03. The number of rotatable bonds is 2. The summed E-state index contributed by atoms with van der Waals surface area (Å²) in [5.74, 6) is -0.639. The van der Waals surface area contributed by atoms with Gasteiger partial charge < -0.3 is 5.11 Å². The zero-order valence-electron chi connectivity index (χ0n) is 7.81. The smallest absolute Gasteiger partial charge is 0.303 e. The highest BCUT2D eigenvalue weighted by Gasteiger charge is 2.27. The van der Waals surface area contributed by atoms with Gasteiger partial charge in [0.2, 0.25) is 0 Å². The van der Waals surface area contributed by atoms with Crippen LogP contribution in [0.1, 0.15) is 51.9 Å². The van der Waals surface area contributed by atoms with Crippen LogP contribution < -0.4 is 0 Å². The second-order valence-corrected chi connectivity index (χ2v) is 4.30. The molecule has 0 spiro atoms. The van der Waals surface area contributed by atoms with Gasteiger partial charge in [0, 0.05) is 0 Å². The van der Waals surface area contributed by atoms with Gasteiger partial charge in [-0.15, -0.1) is 0 Å². The molecule has 0 bridgehead atoms. The molecule has 0 atom stereocenters. The van der Waals surface area contributed by atoms with Crippen LogP contribution in [0.15, 0.2) is 0 Å². The van der Waals surface area contributed by atoms with Gasteiger partial charge in [-0.3, -0.25) is 4.79 Å². The Hall–Kier alpha value is -0.530. The maximum Gasteiger partial charge on any atom is 0.303 e. The number of hydrogen-bond acceptors (Lipinski definition) is 1. The van der Waals surface area contributed by atoms with E-state index in [1.165, 1.54) is 25.7 Å². The number of carbonyl (C=O) groups is 1. The van der Waals surface area contributed by atoms with Gasteiger partial charge in [-0.2, -0.15) is 0 Å². The van der Waals surface area contributed by atoms with Crippen LogP contribution in [-0.4, -0.2) is 11.1 Å². The van der Waals surface area contributed by atoms with Crippen molar-refractivity contribution in [1.82, 2.24) is 0 Å². The molecule has 2 heteroatoms. The summed E-state index contributed by atoms with van der Waals surface area (Å²) in [6, 6.07) is 0. The van der Waals surface area contributed by atoms with Crippen molar-refractivity contribution in [3.05, 3.63) is 0 Å². The Kier molecular flexibility index (Phi) is 3.12. The Bertz CT molecular complexity index is 155. The fourth-order valence-electron chi connectivity index (χ4n) is 2.12. The van der Waals surface area contributed by atoms with Crippen LogP contribution in [-0.2, 0) is 4.79 Å². The van der Waals surface area contributed by atoms with E-state index in [9.17, 15) is 4.79 Å². The van der Waals surface area contributed by atoms with Crippen molar-refractivity contribution in [2.45, 2.75) is 51.9 Å². The summed E-state index contributed by atoms with van der Waals surface area (Å²) in [7, 11) is 0. The first-order chi connectivity index (χ1) is 5.62. The molecule has 12 heavy (non-hydrogen) atoms. The molecular weight excluding hydrogens is 152 g/mol. The fourth-order valence-corrected chi connectivity index (χ4v) is 2.12. The summed E-state index contributed by atoms with van der Waals surface area (Å²) in [4.78, 5) is 10.6. The summed E-state index contributed by atoms with van der Waals surface area (Å²) in [6.45, 7) is 2.12. The molecule has 0 aromatic carbocycles. The van der Waals surface area contributed by atoms with Gasteiger partial charge in [-0.25, -0.2) is 0 Å². The zero-order valence-corrected chi connectivity index (χ0v) is 7.81. The second-order valence-electron chi connectivity index (χ2n) is 4.30. The molecular formula is C10H18O2. The van der Waals surface area contributed by atoms with Crippen molar-refractivity contribution in [2.24, 2.45) is 5.41 Å².